The molecule has 1 aliphatic carbocycles. The quantitative estimate of drug-likeness (QED) is 0.224. The van der Waals surface area contributed by atoms with E-state index in [9.17, 15) is 0 Å². The molecule has 6 nitrogen and oxygen atoms in total. The first-order chi connectivity index (χ1) is 19.0. The molecule has 0 saturated carbocycles. The van der Waals surface area contributed by atoms with Crippen LogP contribution in [0.15, 0.2) is 48.2 Å². The van der Waals surface area contributed by atoms with E-state index < -0.39 is 0 Å². The maximum Gasteiger partial charge on any atom is 0.203 e. The van der Waals surface area contributed by atoms with Gasteiger partial charge in [0.05, 0.1) is 34.0 Å². The Morgan fingerprint density at radius 3 is 2.05 bits per heavy atom. The van der Waals surface area contributed by atoms with Crippen molar-refractivity contribution in [3.05, 3.63) is 64.9 Å². The van der Waals surface area contributed by atoms with Crippen LogP contribution in [0.3, 0.4) is 0 Å². The highest BCUT2D eigenvalue weighted by molar-refractivity contribution is 5.72. The van der Waals surface area contributed by atoms with E-state index in [1.165, 1.54) is 5.56 Å². The SMILES string of the molecule is CCCOc1c(OC)cc(C=Cc2ccc(CC(C)C3C=C(OC)C(OCCC)C(OC)C3)cc2)cc1OC. The van der Waals surface area contributed by atoms with Crippen LogP contribution >= 0.6 is 0 Å². The summed E-state index contributed by atoms with van der Waals surface area (Å²) in [5.74, 6) is 3.66. The maximum atomic E-state index is 6.06. The fourth-order valence-corrected chi connectivity index (χ4v) is 5.01. The van der Waals surface area contributed by atoms with E-state index in [0.29, 0.717) is 42.3 Å². The zero-order valence-corrected chi connectivity index (χ0v) is 24.7. The van der Waals surface area contributed by atoms with E-state index in [-0.39, 0.29) is 12.2 Å². The molecule has 1 aliphatic rings. The lowest BCUT2D eigenvalue weighted by molar-refractivity contribution is -0.0754. The van der Waals surface area contributed by atoms with Gasteiger partial charge >= 0.3 is 0 Å². The van der Waals surface area contributed by atoms with Gasteiger partial charge in [-0.15, -0.1) is 0 Å². The van der Waals surface area contributed by atoms with Gasteiger partial charge in [-0.1, -0.05) is 57.2 Å². The summed E-state index contributed by atoms with van der Waals surface area (Å²) in [6.07, 6.45) is 10.1. The molecule has 0 radical (unpaired) electrons. The minimum absolute atomic E-state index is 0.000912. The molecule has 0 aromatic heterocycles. The van der Waals surface area contributed by atoms with Gasteiger partial charge < -0.3 is 28.4 Å². The highest BCUT2D eigenvalue weighted by atomic mass is 16.6. The molecule has 39 heavy (non-hydrogen) atoms. The van der Waals surface area contributed by atoms with Crippen LogP contribution in [0, 0.1) is 11.8 Å². The molecule has 6 heteroatoms. The van der Waals surface area contributed by atoms with Crippen LogP contribution in [0.4, 0.5) is 0 Å². The number of rotatable bonds is 15. The zero-order valence-electron chi connectivity index (χ0n) is 24.7. The molecule has 0 heterocycles. The summed E-state index contributed by atoms with van der Waals surface area (Å²) >= 11 is 0. The number of hydrogen-bond donors (Lipinski definition) is 0. The summed E-state index contributed by atoms with van der Waals surface area (Å²) in [6.45, 7) is 7.80. The fourth-order valence-electron chi connectivity index (χ4n) is 5.01. The lowest BCUT2D eigenvalue weighted by Crippen LogP contribution is -2.40. The largest absolute Gasteiger partial charge is 0.499 e. The monoisotopic (exact) mass is 538 g/mol. The van der Waals surface area contributed by atoms with Crippen molar-refractivity contribution in [3.8, 4) is 17.2 Å². The molecule has 0 N–H and O–H groups in total. The molecule has 4 unspecified atom stereocenters. The first-order valence-electron chi connectivity index (χ1n) is 14.0. The van der Waals surface area contributed by atoms with Crippen molar-refractivity contribution in [2.24, 2.45) is 11.8 Å². The van der Waals surface area contributed by atoms with Crippen molar-refractivity contribution in [2.75, 3.05) is 41.7 Å². The second kappa shape index (κ2) is 15.6. The molecule has 4 atom stereocenters. The molecule has 0 amide bonds. The van der Waals surface area contributed by atoms with Crippen LogP contribution in [0.5, 0.6) is 17.2 Å². The van der Waals surface area contributed by atoms with Crippen LogP contribution in [0.2, 0.25) is 0 Å². The molecule has 0 saturated heterocycles. The normalized spacial score (nSPS) is 20.0. The maximum absolute atomic E-state index is 6.06. The van der Waals surface area contributed by atoms with Crippen molar-refractivity contribution in [3.63, 3.8) is 0 Å². The predicted molar refractivity (Wildman–Crippen MR) is 158 cm³/mol. The molecule has 2 aromatic carbocycles. The van der Waals surface area contributed by atoms with Gasteiger partial charge in [-0.3, -0.25) is 0 Å². The third-order valence-electron chi connectivity index (χ3n) is 7.21. The predicted octanol–water partition coefficient (Wildman–Crippen LogP) is 7.20. The number of methoxy groups -OCH3 is 4. The highest BCUT2D eigenvalue weighted by Crippen LogP contribution is 2.39. The lowest BCUT2D eigenvalue weighted by Gasteiger charge is -2.36. The molecule has 0 aliphatic heterocycles. The fraction of sp³-hybridized carbons (Fsp3) is 0.515. The summed E-state index contributed by atoms with van der Waals surface area (Å²) in [7, 11) is 6.78. The van der Waals surface area contributed by atoms with E-state index in [1.54, 1.807) is 28.4 Å². The first kappa shape index (κ1) is 30.6. The minimum Gasteiger partial charge on any atom is -0.499 e. The smallest absolute Gasteiger partial charge is 0.203 e. The summed E-state index contributed by atoms with van der Waals surface area (Å²) < 4.78 is 34.6. The third kappa shape index (κ3) is 8.26. The Morgan fingerprint density at radius 2 is 1.49 bits per heavy atom. The number of hydrogen-bond acceptors (Lipinski definition) is 6. The average molecular weight is 539 g/mol. The van der Waals surface area contributed by atoms with Crippen LogP contribution in [0.1, 0.15) is 56.7 Å². The van der Waals surface area contributed by atoms with Gasteiger partial charge in [0.2, 0.25) is 5.75 Å². The molecule has 0 fully saturated rings. The van der Waals surface area contributed by atoms with E-state index in [2.05, 4.69) is 63.3 Å². The highest BCUT2D eigenvalue weighted by Gasteiger charge is 2.35. The Labute approximate surface area is 234 Å². The summed E-state index contributed by atoms with van der Waals surface area (Å²) in [5.41, 5.74) is 3.42. The van der Waals surface area contributed by atoms with Crippen LogP contribution in [0.25, 0.3) is 12.2 Å². The van der Waals surface area contributed by atoms with Crippen LogP contribution in [-0.2, 0) is 20.6 Å². The lowest BCUT2D eigenvalue weighted by atomic mass is 9.79. The summed E-state index contributed by atoms with van der Waals surface area (Å²) in [6, 6.07) is 12.7. The summed E-state index contributed by atoms with van der Waals surface area (Å²) in [5, 5.41) is 0. The third-order valence-corrected chi connectivity index (χ3v) is 7.21. The van der Waals surface area contributed by atoms with E-state index in [1.807, 2.05) is 12.1 Å². The number of benzene rings is 2. The minimum atomic E-state index is -0.130. The topological polar surface area (TPSA) is 55.4 Å². The van der Waals surface area contributed by atoms with Gasteiger partial charge in [0.15, 0.2) is 11.5 Å². The average Bonchev–Trinajstić information content (AvgIpc) is 2.97. The van der Waals surface area contributed by atoms with Gasteiger partial charge in [-0.05, 0) is 72.4 Å². The van der Waals surface area contributed by atoms with Gasteiger partial charge in [0.1, 0.15) is 11.9 Å². The molecule has 2 aromatic rings. The molecular formula is C33H46O6. The molecule has 3 rings (SSSR count). The van der Waals surface area contributed by atoms with E-state index >= 15 is 0 Å². The Kier molecular flexibility index (Phi) is 12.2. The second-order valence-corrected chi connectivity index (χ2v) is 10.1. The molecule has 0 bridgehead atoms. The van der Waals surface area contributed by atoms with Crippen molar-refractivity contribution < 1.29 is 28.4 Å². The Hall–Kier alpha value is -2.96. The van der Waals surface area contributed by atoms with Gasteiger partial charge in [-0.25, -0.2) is 0 Å². The number of ether oxygens (including phenoxy) is 6. The Morgan fingerprint density at radius 1 is 0.846 bits per heavy atom. The molecule has 214 valence electrons. The Balaban J connectivity index is 1.68. The molecule has 0 spiro atoms. The summed E-state index contributed by atoms with van der Waals surface area (Å²) in [4.78, 5) is 0. The van der Waals surface area contributed by atoms with Crippen molar-refractivity contribution in [1.29, 1.82) is 0 Å². The van der Waals surface area contributed by atoms with Crippen molar-refractivity contribution in [1.82, 2.24) is 0 Å². The van der Waals surface area contributed by atoms with E-state index in [0.717, 1.165) is 42.6 Å². The number of allylic oxidation sites excluding steroid dienone is 1. The van der Waals surface area contributed by atoms with Crippen molar-refractivity contribution >= 4 is 12.2 Å². The van der Waals surface area contributed by atoms with Gasteiger partial charge in [0, 0.05) is 13.7 Å². The second-order valence-electron chi connectivity index (χ2n) is 10.1. The Bertz CT molecular complexity index is 1050. The van der Waals surface area contributed by atoms with E-state index in [4.69, 9.17) is 28.4 Å². The van der Waals surface area contributed by atoms with Crippen LogP contribution in [-0.4, -0.2) is 53.9 Å². The van der Waals surface area contributed by atoms with Crippen molar-refractivity contribution in [2.45, 2.75) is 58.7 Å². The standard InChI is InChI=1S/C33H46O6/c1-8-16-38-32-28(34-4)19-26(20-29(32)35-5)15-12-24-10-13-25(14-11-24)18-23(3)27-21-30(36-6)33(39-17-9-2)31(22-27)37-7/h10-15,19-21,23,27,31,33H,8-9,16-18,22H2,1-7H3. The van der Waals surface area contributed by atoms with Gasteiger partial charge in [-0.2, -0.15) is 0 Å². The van der Waals surface area contributed by atoms with Crippen LogP contribution < -0.4 is 14.2 Å². The first-order valence-corrected chi connectivity index (χ1v) is 14.0. The van der Waals surface area contributed by atoms with Gasteiger partial charge in [0.25, 0.3) is 0 Å². The zero-order chi connectivity index (χ0) is 28.2. The molecular weight excluding hydrogens is 492 g/mol.